The molecule has 2 unspecified atom stereocenters. The summed E-state index contributed by atoms with van der Waals surface area (Å²) in [5, 5.41) is 3.69. The van der Waals surface area contributed by atoms with Gasteiger partial charge in [-0.15, -0.1) is 0 Å². The van der Waals surface area contributed by atoms with Crippen LogP contribution in [0, 0.1) is 0 Å². The van der Waals surface area contributed by atoms with Crippen molar-refractivity contribution in [1.82, 2.24) is 15.2 Å². The molecule has 1 aromatic rings. The van der Waals surface area contributed by atoms with E-state index in [0.717, 1.165) is 12.6 Å². The van der Waals surface area contributed by atoms with Crippen molar-refractivity contribution in [3.8, 4) is 5.88 Å². The smallest absolute Gasteiger partial charge is 0.213 e. The molecule has 104 valence electrons. The molecule has 3 rings (SSSR count). The standard InChI is InChI=1S/C15H23N3O/c1-19-15-9-12(4-6-16-15)11-17-13-5-8-18-7-2-3-14(18)10-13/h4,6,9,13-14,17H,2-3,5,7-8,10-11H2,1H3. The summed E-state index contributed by atoms with van der Waals surface area (Å²) >= 11 is 0. The van der Waals surface area contributed by atoms with Crippen molar-refractivity contribution in [3.63, 3.8) is 0 Å². The molecule has 0 spiro atoms. The minimum atomic E-state index is 0.665. The minimum absolute atomic E-state index is 0.665. The van der Waals surface area contributed by atoms with Crippen molar-refractivity contribution in [2.24, 2.45) is 0 Å². The second kappa shape index (κ2) is 5.88. The maximum Gasteiger partial charge on any atom is 0.213 e. The molecule has 4 nitrogen and oxygen atoms in total. The summed E-state index contributed by atoms with van der Waals surface area (Å²) in [6, 6.07) is 5.56. The summed E-state index contributed by atoms with van der Waals surface area (Å²) in [5.41, 5.74) is 1.25. The summed E-state index contributed by atoms with van der Waals surface area (Å²) < 4.78 is 5.16. The molecular formula is C15H23N3O. The highest BCUT2D eigenvalue weighted by Crippen LogP contribution is 2.26. The van der Waals surface area contributed by atoms with Gasteiger partial charge in [-0.25, -0.2) is 4.98 Å². The number of nitrogens with zero attached hydrogens (tertiary/aromatic N) is 2. The summed E-state index contributed by atoms with van der Waals surface area (Å²) in [4.78, 5) is 6.80. The fourth-order valence-corrected chi connectivity index (χ4v) is 3.34. The highest BCUT2D eigenvalue weighted by Gasteiger charge is 2.31. The molecule has 0 aliphatic carbocycles. The van der Waals surface area contributed by atoms with Gasteiger partial charge in [-0.3, -0.25) is 0 Å². The van der Waals surface area contributed by atoms with Gasteiger partial charge in [0.25, 0.3) is 0 Å². The van der Waals surface area contributed by atoms with E-state index in [4.69, 9.17) is 4.74 Å². The van der Waals surface area contributed by atoms with E-state index in [0.29, 0.717) is 11.9 Å². The van der Waals surface area contributed by atoms with Gasteiger partial charge in [0.1, 0.15) is 0 Å². The molecule has 1 aromatic heterocycles. The van der Waals surface area contributed by atoms with Gasteiger partial charge in [0.15, 0.2) is 0 Å². The molecule has 2 aliphatic rings. The number of aromatic nitrogens is 1. The Morgan fingerprint density at radius 2 is 2.37 bits per heavy atom. The summed E-state index contributed by atoms with van der Waals surface area (Å²) in [6.07, 6.45) is 7.18. The Labute approximate surface area is 115 Å². The molecule has 4 heteroatoms. The largest absolute Gasteiger partial charge is 0.481 e. The lowest BCUT2D eigenvalue weighted by Crippen LogP contribution is -2.45. The maximum atomic E-state index is 5.16. The average molecular weight is 261 g/mol. The van der Waals surface area contributed by atoms with E-state index in [-0.39, 0.29) is 0 Å². The molecule has 1 N–H and O–H groups in total. The van der Waals surface area contributed by atoms with Crippen molar-refractivity contribution < 1.29 is 4.74 Å². The van der Waals surface area contributed by atoms with E-state index >= 15 is 0 Å². The lowest BCUT2D eigenvalue weighted by Gasteiger charge is -2.35. The van der Waals surface area contributed by atoms with Gasteiger partial charge >= 0.3 is 0 Å². The van der Waals surface area contributed by atoms with Crippen LogP contribution in [0.2, 0.25) is 0 Å². The zero-order valence-corrected chi connectivity index (χ0v) is 11.6. The lowest BCUT2D eigenvalue weighted by molar-refractivity contribution is 0.166. The van der Waals surface area contributed by atoms with Gasteiger partial charge in [-0.2, -0.15) is 0 Å². The molecule has 2 fully saturated rings. The topological polar surface area (TPSA) is 37.4 Å². The highest BCUT2D eigenvalue weighted by molar-refractivity contribution is 5.20. The number of pyridine rings is 1. The summed E-state index contributed by atoms with van der Waals surface area (Å²) in [7, 11) is 1.66. The fraction of sp³-hybridized carbons (Fsp3) is 0.667. The SMILES string of the molecule is COc1cc(CNC2CCN3CCCC3C2)ccn1. The molecule has 0 radical (unpaired) electrons. The fourth-order valence-electron chi connectivity index (χ4n) is 3.34. The maximum absolute atomic E-state index is 5.16. The van der Waals surface area contributed by atoms with Crippen molar-refractivity contribution in [3.05, 3.63) is 23.9 Å². The number of hydrogen-bond acceptors (Lipinski definition) is 4. The van der Waals surface area contributed by atoms with Crippen LogP contribution in [-0.2, 0) is 6.54 Å². The lowest BCUT2D eigenvalue weighted by atomic mass is 9.97. The van der Waals surface area contributed by atoms with Crippen LogP contribution in [0.15, 0.2) is 18.3 Å². The van der Waals surface area contributed by atoms with Gasteiger partial charge in [0.2, 0.25) is 5.88 Å². The van der Waals surface area contributed by atoms with E-state index in [9.17, 15) is 0 Å². The number of methoxy groups -OCH3 is 1. The van der Waals surface area contributed by atoms with E-state index in [2.05, 4.69) is 21.3 Å². The molecule has 2 atom stereocenters. The Bertz CT molecular complexity index is 424. The first-order chi connectivity index (χ1) is 9.35. The molecule has 19 heavy (non-hydrogen) atoms. The van der Waals surface area contributed by atoms with Crippen LogP contribution in [0.5, 0.6) is 5.88 Å². The van der Waals surface area contributed by atoms with E-state index < -0.39 is 0 Å². The number of nitrogens with one attached hydrogen (secondary N) is 1. The first kappa shape index (κ1) is 12.9. The highest BCUT2D eigenvalue weighted by atomic mass is 16.5. The predicted molar refractivity (Wildman–Crippen MR) is 75.2 cm³/mol. The number of piperidine rings is 1. The third kappa shape index (κ3) is 3.07. The molecular weight excluding hydrogens is 238 g/mol. The third-order valence-electron chi connectivity index (χ3n) is 4.42. The van der Waals surface area contributed by atoms with Gasteiger partial charge in [0, 0.05) is 30.9 Å². The van der Waals surface area contributed by atoms with Crippen molar-refractivity contribution in [2.75, 3.05) is 20.2 Å². The normalized spacial score (nSPS) is 27.2. The summed E-state index contributed by atoms with van der Waals surface area (Å²) in [5.74, 6) is 0.699. The van der Waals surface area contributed by atoms with Gasteiger partial charge in [0.05, 0.1) is 7.11 Å². The predicted octanol–water partition coefficient (Wildman–Crippen LogP) is 1.81. The van der Waals surface area contributed by atoms with Crippen LogP contribution in [0.25, 0.3) is 0 Å². The second-order valence-corrected chi connectivity index (χ2v) is 5.64. The molecule has 0 saturated carbocycles. The van der Waals surface area contributed by atoms with E-state index in [1.165, 1.54) is 44.3 Å². The Hall–Kier alpha value is -1.13. The van der Waals surface area contributed by atoms with Crippen LogP contribution in [0.1, 0.15) is 31.2 Å². The molecule has 0 amide bonds. The van der Waals surface area contributed by atoms with Crippen LogP contribution < -0.4 is 10.1 Å². The minimum Gasteiger partial charge on any atom is -0.481 e. The van der Waals surface area contributed by atoms with Gasteiger partial charge in [-0.05, 0) is 50.4 Å². The summed E-state index contributed by atoms with van der Waals surface area (Å²) in [6.45, 7) is 3.50. The molecule has 0 bridgehead atoms. The number of hydrogen-bond donors (Lipinski definition) is 1. The number of fused-ring (bicyclic) bond motifs is 1. The number of rotatable bonds is 4. The molecule has 2 saturated heterocycles. The zero-order valence-electron chi connectivity index (χ0n) is 11.6. The van der Waals surface area contributed by atoms with E-state index in [1.54, 1.807) is 7.11 Å². The Balaban J connectivity index is 1.51. The molecule has 3 heterocycles. The van der Waals surface area contributed by atoms with Crippen LogP contribution in [0.3, 0.4) is 0 Å². The van der Waals surface area contributed by atoms with Crippen molar-refractivity contribution in [2.45, 2.75) is 44.3 Å². The van der Waals surface area contributed by atoms with Crippen molar-refractivity contribution >= 4 is 0 Å². The molecule has 2 aliphatic heterocycles. The second-order valence-electron chi connectivity index (χ2n) is 5.64. The Morgan fingerprint density at radius 3 is 3.26 bits per heavy atom. The monoisotopic (exact) mass is 261 g/mol. The first-order valence-electron chi connectivity index (χ1n) is 7.31. The number of ether oxygens (including phenoxy) is 1. The van der Waals surface area contributed by atoms with Crippen LogP contribution in [0.4, 0.5) is 0 Å². The van der Waals surface area contributed by atoms with Crippen molar-refractivity contribution in [1.29, 1.82) is 0 Å². The Morgan fingerprint density at radius 1 is 1.42 bits per heavy atom. The average Bonchev–Trinajstić information content (AvgIpc) is 2.93. The first-order valence-corrected chi connectivity index (χ1v) is 7.31. The Kier molecular flexibility index (Phi) is 3.99. The quantitative estimate of drug-likeness (QED) is 0.897. The van der Waals surface area contributed by atoms with E-state index in [1.807, 2.05) is 12.3 Å². The van der Waals surface area contributed by atoms with Crippen LogP contribution in [-0.4, -0.2) is 42.2 Å². The third-order valence-corrected chi connectivity index (χ3v) is 4.42. The zero-order chi connectivity index (χ0) is 13.1. The van der Waals surface area contributed by atoms with Gasteiger partial charge in [-0.1, -0.05) is 0 Å². The molecule has 0 aromatic carbocycles. The van der Waals surface area contributed by atoms with Crippen LogP contribution >= 0.6 is 0 Å². The van der Waals surface area contributed by atoms with Gasteiger partial charge < -0.3 is 15.0 Å².